The lowest BCUT2D eigenvalue weighted by Gasteiger charge is -2.23. The number of rotatable bonds is 5. The Bertz CT molecular complexity index is 838. The molecule has 0 aliphatic carbocycles. The smallest absolute Gasteiger partial charge is 0.267 e. The van der Waals surface area contributed by atoms with Crippen LogP contribution in [0.25, 0.3) is 0 Å². The van der Waals surface area contributed by atoms with E-state index in [0.29, 0.717) is 5.69 Å². The highest BCUT2D eigenvalue weighted by atomic mass is 35.5. The van der Waals surface area contributed by atoms with Crippen LogP contribution in [0.2, 0.25) is 5.02 Å². The summed E-state index contributed by atoms with van der Waals surface area (Å²) in [5, 5.41) is 11.1. The third-order valence-corrected chi connectivity index (χ3v) is 5.68. The van der Waals surface area contributed by atoms with Gasteiger partial charge in [-0.15, -0.1) is 0 Å². The van der Waals surface area contributed by atoms with Gasteiger partial charge in [-0.1, -0.05) is 29.8 Å². The summed E-state index contributed by atoms with van der Waals surface area (Å²) in [6, 6.07) is 10.8. The molecule has 8 heteroatoms. The lowest BCUT2D eigenvalue weighted by molar-refractivity contribution is -0.385. The standard InChI is InChI=1S/C15H15ClN2O4S/c1-3-17(12-7-5-4-6-8-12)23(21,22)13-9-14(16)11(2)15(10-13)18(19)20/h4-10H,3H2,1-2H3. The Labute approximate surface area is 139 Å². The molecule has 0 radical (unpaired) electrons. The second-order valence-electron chi connectivity index (χ2n) is 4.81. The molecule has 0 aliphatic heterocycles. The molecule has 0 heterocycles. The molecule has 0 N–H and O–H groups in total. The zero-order chi connectivity index (χ0) is 17.2. The summed E-state index contributed by atoms with van der Waals surface area (Å²) < 4.78 is 26.9. The molecule has 6 nitrogen and oxygen atoms in total. The van der Waals surface area contributed by atoms with Crippen LogP contribution in [-0.4, -0.2) is 19.9 Å². The van der Waals surface area contributed by atoms with Gasteiger partial charge in [0.25, 0.3) is 15.7 Å². The fourth-order valence-corrected chi connectivity index (χ4v) is 3.99. The van der Waals surface area contributed by atoms with Gasteiger partial charge in [-0.2, -0.15) is 0 Å². The Balaban J connectivity index is 2.61. The highest BCUT2D eigenvalue weighted by molar-refractivity contribution is 7.92. The van der Waals surface area contributed by atoms with E-state index in [0.717, 1.165) is 6.07 Å². The summed E-state index contributed by atoms with van der Waals surface area (Å²) in [4.78, 5) is 10.3. The number of anilines is 1. The molecule has 2 rings (SSSR count). The lowest BCUT2D eigenvalue weighted by Crippen LogP contribution is -2.30. The van der Waals surface area contributed by atoms with Crippen molar-refractivity contribution in [3.63, 3.8) is 0 Å². The molecule has 0 bridgehead atoms. The van der Waals surface area contributed by atoms with E-state index in [9.17, 15) is 18.5 Å². The van der Waals surface area contributed by atoms with Crippen LogP contribution in [0, 0.1) is 17.0 Å². The number of hydrogen-bond donors (Lipinski definition) is 0. The first kappa shape index (κ1) is 17.2. The van der Waals surface area contributed by atoms with Crippen LogP contribution in [-0.2, 0) is 10.0 Å². The third-order valence-electron chi connectivity index (χ3n) is 3.41. The fraction of sp³-hybridized carbons (Fsp3) is 0.200. The van der Waals surface area contributed by atoms with Gasteiger partial charge < -0.3 is 0 Å². The first-order chi connectivity index (χ1) is 10.8. The topological polar surface area (TPSA) is 80.5 Å². The largest absolute Gasteiger partial charge is 0.275 e. The summed E-state index contributed by atoms with van der Waals surface area (Å²) >= 11 is 5.98. The Morgan fingerprint density at radius 2 is 1.83 bits per heavy atom. The van der Waals surface area contributed by atoms with E-state index in [-0.39, 0.29) is 27.7 Å². The normalized spacial score (nSPS) is 11.3. The average Bonchev–Trinajstić information content (AvgIpc) is 2.51. The van der Waals surface area contributed by atoms with E-state index in [1.165, 1.54) is 17.3 Å². The van der Waals surface area contributed by atoms with E-state index < -0.39 is 14.9 Å². The van der Waals surface area contributed by atoms with Gasteiger partial charge in [-0.05, 0) is 32.0 Å². The minimum absolute atomic E-state index is 0.0434. The molecule has 0 unspecified atom stereocenters. The van der Waals surface area contributed by atoms with Gasteiger partial charge in [-0.3, -0.25) is 14.4 Å². The van der Waals surface area contributed by atoms with Gasteiger partial charge in [0, 0.05) is 18.2 Å². The Kier molecular flexibility index (Phi) is 4.91. The van der Waals surface area contributed by atoms with Crippen LogP contribution >= 0.6 is 11.6 Å². The van der Waals surface area contributed by atoms with Gasteiger partial charge >= 0.3 is 0 Å². The zero-order valence-electron chi connectivity index (χ0n) is 12.6. The monoisotopic (exact) mass is 354 g/mol. The van der Waals surface area contributed by atoms with E-state index in [1.54, 1.807) is 37.3 Å². The Hall–Kier alpha value is -2.12. The van der Waals surface area contributed by atoms with Crippen LogP contribution in [0.4, 0.5) is 11.4 Å². The summed E-state index contributed by atoms with van der Waals surface area (Å²) in [5.41, 5.74) is 0.396. The van der Waals surface area contributed by atoms with Gasteiger partial charge in [-0.25, -0.2) is 8.42 Å². The zero-order valence-corrected chi connectivity index (χ0v) is 14.1. The van der Waals surface area contributed by atoms with Crippen molar-refractivity contribution in [2.75, 3.05) is 10.8 Å². The predicted molar refractivity (Wildman–Crippen MR) is 89.5 cm³/mol. The van der Waals surface area contributed by atoms with Crippen molar-refractivity contribution in [3.8, 4) is 0 Å². The number of sulfonamides is 1. The first-order valence-corrected chi connectivity index (χ1v) is 8.63. The highest BCUT2D eigenvalue weighted by Gasteiger charge is 2.27. The molecular formula is C15H15ClN2O4S. The highest BCUT2D eigenvalue weighted by Crippen LogP contribution is 2.32. The number of nitrogens with zero attached hydrogens (tertiary/aromatic N) is 2. The molecule has 122 valence electrons. The minimum Gasteiger partial charge on any atom is -0.267 e. The maximum absolute atomic E-state index is 12.8. The summed E-state index contributed by atoms with van der Waals surface area (Å²) in [5.74, 6) is 0. The summed E-state index contributed by atoms with van der Waals surface area (Å²) in [6.07, 6.45) is 0. The molecule has 0 atom stereocenters. The molecule has 23 heavy (non-hydrogen) atoms. The molecule has 0 aliphatic rings. The molecule has 0 fully saturated rings. The second-order valence-corrected chi connectivity index (χ2v) is 7.08. The second kappa shape index (κ2) is 6.55. The number of benzene rings is 2. The summed E-state index contributed by atoms with van der Waals surface area (Å²) in [6.45, 7) is 3.35. The fourth-order valence-electron chi connectivity index (χ4n) is 2.19. The van der Waals surface area contributed by atoms with Crippen molar-refractivity contribution in [1.29, 1.82) is 0 Å². The molecule has 0 amide bonds. The molecule has 0 saturated carbocycles. The van der Waals surface area contributed by atoms with E-state index >= 15 is 0 Å². The van der Waals surface area contributed by atoms with E-state index in [1.807, 2.05) is 0 Å². The van der Waals surface area contributed by atoms with Gasteiger partial charge in [0.05, 0.1) is 20.5 Å². The number of nitro groups is 1. The number of nitro benzene ring substituents is 1. The van der Waals surface area contributed by atoms with Crippen molar-refractivity contribution in [3.05, 3.63) is 63.2 Å². The van der Waals surface area contributed by atoms with Crippen LogP contribution in [0.5, 0.6) is 0 Å². The van der Waals surface area contributed by atoms with E-state index in [4.69, 9.17) is 11.6 Å². The maximum atomic E-state index is 12.8. The molecule has 0 spiro atoms. The number of hydrogen-bond acceptors (Lipinski definition) is 4. The van der Waals surface area contributed by atoms with Crippen molar-refractivity contribution < 1.29 is 13.3 Å². The number of para-hydroxylation sites is 1. The Morgan fingerprint density at radius 1 is 1.22 bits per heavy atom. The van der Waals surface area contributed by atoms with Crippen LogP contribution in [0.3, 0.4) is 0 Å². The maximum Gasteiger partial charge on any atom is 0.275 e. The predicted octanol–water partition coefficient (Wildman–Crippen LogP) is 3.77. The molecule has 0 saturated heterocycles. The molecule has 0 aromatic heterocycles. The molecule has 2 aromatic rings. The van der Waals surface area contributed by atoms with Gasteiger partial charge in [0.1, 0.15) is 0 Å². The lowest BCUT2D eigenvalue weighted by atomic mass is 10.2. The molecule has 2 aromatic carbocycles. The summed E-state index contributed by atoms with van der Waals surface area (Å²) in [7, 11) is -3.96. The van der Waals surface area contributed by atoms with Gasteiger partial charge in [0.15, 0.2) is 0 Å². The van der Waals surface area contributed by atoms with Crippen LogP contribution < -0.4 is 4.31 Å². The van der Waals surface area contributed by atoms with E-state index in [2.05, 4.69) is 0 Å². The first-order valence-electron chi connectivity index (χ1n) is 6.81. The van der Waals surface area contributed by atoms with Crippen LogP contribution in [0.15, 0.2) is 47.4 Å². The van der Waals surface area contributed by atoms with Crippen molar-refractivity contribution >= 4 is 33.0 Å². The van der Waals surface area contributed by atoms with Crippen LogP contribution in [0.1, 0.15) is 12.5 Å². The average molecular weight is 355 g/mol. The van der Waals surface area contributed by atoms with Crippen molar-refractivity contribution in [2.45, 2.75) is 18.7 Å². The Morgan fingerprint density at radius 3 is 2.35 bits per heavy atom. The molecular weight excluding hydrogens is 340 g/mol. The SMILES string of the molecule is CCN(c1ccccc1)S(=O)(=O)c1cc(Cl)c(C)c([N+](=O)[O-])c1. The quantitative estimate of drug-likeness (QED) is 0.604. The number of halogens is 1. The third kappa shape index (κ3) is 3.30. The van der Waals surface area contributed by atoms with Gasteiger partial charge in [0.2, 0.25) is 0 Å². The van der Waals surface area contributed by atoms with Crippen molar-refractivity contribution in [1.82, 2.24) is 0 Å². The minimum atomic E-state index is -3.96. The van der Waals surface area contributed by atoms with Crippen molar-refractivity contribution in [2.24, 2.45) is 0 Å².